The number of imidazole rings is 1. The summed E-state index contributed by atoms with van der Waals surface area (Å²) in [5, 5.41) is 7.44. The number of rotatable bonds is 6. The lowest BCUT2D eigenvalue weighted by molar-refractivity contribution is 0.102. The number of aromatic amines is 1. The highest BCUT2D eigenvalue weighted by atomic mass is 32.2. The van der Waals surface area contributed by atoms with Gasteiger partial charge in [0.1, 0.15) is 0 Å². The van der Waals surface area contributed by atoms with Gasteiger partial charge in [0.05, 0.1) is 16.7 Å². The van der Waals surface area contributed by atoms with Crippen molar-refractivity contribution in [1.29, 1.82) is 0 Å². The largest absolute Gasteiger partial charge is 0.324 e. The van der Waals surface area contributed by atoms with Gasteiger partial charge in [0.25, 0.3) is 5.91 Å². The highest BCUT2D eigenvalue weighted by Gasteiger charge is 2.11. The fraction of sp³-hybridized carbons (Fsp3) is 0.0435. The highest BCUT2D eigenvalue weighted by molar-refractivity contribution is 8.00. The van der Waals surface area contributed by atoms with Crippen molar-refractivity contribution < 1.29 is 4.79 Å². The molecule has 32 heavy (non-hydrogen) atoms. The van der Waals surface area contributed by atoms with E-state index >= 15 is 0 Å². The fourth-order valence-corrected chi connectivity index (χ4v) is 5.46. The molecule has 2 aromatic heterocycles. The second-order valence-corrected chi connectivity index (χ2v) is 9.77. The normalized spacial score (nSPS) is 11.0. The number of anilines is 1. The molecule has 6 nitrogen and oxygen atoms in total. The van der Waals surface area contributed by atoms with Crippen LogP contribution in [0.3, 0.4) is 0 Å². The number of hydrogen-bond acceptors (Lipinski definition) is 6. The zero-order valence-corrected chi connectivity index (χ0v) is 19.1. The predicted octanol–water partition coefficient (Wildman–Crippen LogP) is 6.08. The molecule has 9 heteroatoms. The molecule has 0 saturated heterocycles. The maximum absolute atomic E-state index is 12.6. The Morgan fingerprint density at radius 3 is 2.56 bits per heavy atom. The summed E-state index contributed by atoms with van der Waals surface area (Å²) in [6.07, 6.45) is 0. The molecule has 0 radical (unpaired) electrons. The van der Waals surface area contributed by atoms with E-state index in [1.807, 2.05) is 54.6 Å². The Balaban J connectivity index is 1.28. The van der Waals surface area contributed by atoms with Crippen molar-refractivity contribution in [1.82, 2.24) is 19.7 Å². The topological polar surface area (TPSA) is 75.6 Å². The lowest BCUT2D eigenvalue weighted by Gasteiger charge is -2.04. The van der Waals surface area contributed by atoms with Crippen LogP contribution >= 0.6 is 35.3 Å². The zero-order valence-electron chi connectivity index (χ0n) is 16.7. The number of fused-ring (bicyclic) bond motifs is 1. The molecule has 0 aliphatic rings. The average molecular weight is 476 g/mol. The second-order valence-electron chi connectivity index (χ2n) is 6.92. The molecule has 5 aromatic rings. The van der Waals surface area contributed by atoms with Crippen LogP contribution in [0.5, 0.6) is 0 Å². The van der Waals surface area contributed by atoms with Gasteiger partial charge in [-0.25, -0.2) is 9.67 Å². The first-order chi connectivity index (χ1) is 15.7. The average Bonchev–Trinajstić information content (AvgIpc) is 3.41. The van der Waals surface area contributed by atoms with E-state index < -0.39 is 0 Å². The van der Waals surface area contributed by atoms with Crippen LogP contribution in [0.4, 0.5) is 5.95 Å². The Hall–Kier alpha value is -3.27. The molecule has 0 aliphatic heterocycles. The molecule has 2 heterocycles. The monoisotopic (exact) mass is 475 g/mol. The van der Waals surface area contributed by atoms with E-state index in [0.717, 1.165) is 26.8 Å². The fourth-order valence-electron chi connectivity index (χ4n) is 3.15. The summed E-state index contributed by atoms with van der Waals surface area (Å²) in [6.45, 7) is 0. The summed E-state index contributed by atoms with van der Waals surface area (Å²) >= 11 is 8.64. The van der Waals surface area contributed by atoms with E-state index in [4.69, 9.17) is 12.2 Å². The minimum atomic E-state index is -0.239. The maximum Gasteiger partial charge on any atom is 0.257 e. The van der Waals surface area contributed by atoms with Crippen molar-refractivity contribution in [2.75, 3.05) is 5.32 Å². The molecule has 158 valence electrons. The molecule has 2 N–H and O–H groups in total. The summed E-state index contributed by atoms with van der Waals surface area (Å²) in [7, 11) is 0. The van der Waals surface area contributed by atoms with E-state index in [-0.39, 0.29) is 5.91 Å². The number of nitrogens with one attached hydrogen (secondary N) is 2. The van der Waals surface area contributed by atoms with Gasteiger partial charge in [-0.05, 0) is 54.2 Å². The zero-order chi connectivity index (χ0) is 21.9. The van der Waals surface area contributed by atoms with Crippen LogP contribution < -0.4 is 5.32 Å². The number of carbonyl (C=O) groups is 1. The van der Waals surface area contributed by atoms with Crippen molar-refractivity contribution in [2.45, 2.75) is 10.1 Å². The van der Waals surface area contributed by atoms with Gasteiger partial charge in [-0.3, -0.25) is 10.1 Å². The van der Waals surface area contributed by atoms with Crippen LogP contribution in [0.15, 0.2) is 83.2 Å². The first-order valence-electron chi connectivity index (χ1n) is 9.79. The van der Waals surface area contributed by atoms with Crippen LogP contribution in [0.1, 0.15) is 15.9 Å². The number of H-pyrrole nitrogens is 1. The number of nitrogens with zero attached hydrogens (tertiary/aromatic N) is 3. The van der Waals surface area contributed by atoms with Crippen LogP contribution in [0.2, 0.25) is 0 Å². The van der Waals surface area contributed by atoms with Gasteiger partial charge in [0.15, 0.2) is 8.29 Å². The molecule has 0 atom stereocenters. The van der Waals surface area contributed by atoms with Crippen molar-refractivity contribution in [3.05, 3.63) is 93.9 Å². The van der Waals surface area contributed by atoms with Gasteiger partial charge in [0, 0.05) is 11.3 Å². The minimum Gasteiger partial charge on any atom is -0.324 e. The maximum atomic E-state index is 12.6. The lowest BCUT2D eigenvalue weighted by Crippen LogP contribution is -2.13. The third kappa shape index (κ3) is 4.50. The lowest BCUT2D eigenvalue weighted by atomic mass is 10.2. The quantitative estimate of drug-likeness (QED) is 0.230. The Morgan fingerprint density at radius 1 is 1.03 bits per heavy atom. The Labute approximate surface area is 197 Å². The van der Waals surface area contributed by atoms with Gasteiger partial charge in [-0.15, -0.1) is 5.10 Å². The van der Waals surface area contributed by atoms with Gasteiger partial charge in [-0.2, -0.15) is 0 Å². The minimum absolute atomic E-state index is 0.239. The molecule has 3 aromatic carbocycles. The molecule has 1 amide bonds. The summed E-state index contributed by atoms with van der Waals surface area (Å²) in [5.41, 5.74) is 4.26. The van der Waals surface area contributed by atoms with E-state index in [1.165, 1.54) is 16.9 Å². The van der Waals surface area contributed by atoms with Crippen molar-refractivity contribution in [3.8, 4) is 5.69 Å². The molecule has 0 saturated carbocycles. The third-order valence-corrected chi connectivity index (χ3v) is 7.17. The Morgan fingerprint density at radius 2 is 1.78 bits per heavy atom. The number of aromatic nitrogens is 4. The Bertz CT molecular complexity index is 1410. The van der Waals surface area contributed by atoms with E-state index in [0.29, 0.717) is 15.5 Å². The summed E-state index contributed by atoms with van der Waals surface area (Å²) in [5.74, 6) is 1.02. The number of para-hydroxylation sites is 2. The Kier molecular flexibility index (Phi) is 5.85. The predicted molar refractivity (Wildman–Crippen MR) is 132 cm³/mol. The first-order valence-corrected chi connectivity index (χ1v) is 12.0. The van der Waals surface area contributed by atoms with Crippen molar-refractivity contribution in [3.63, 3.8) is 0 Å². The third-order valence-electron chi connectivity index (χ3n) is 4.73. The number of carbonyl (C=O) groups excluding carboxylic acids is 1. The van der Waals surface area contributed by atoms with E-state index in [1.54, 1.807) is 28.6 Å². The summed E-state index contributed by atoms with van der Waals surface area (Å²) in [4.78, 5) is 20.1. The molecule has 0 aliphatic carbocycles. The number of hydrogen-bond donors (Lipinski definition) is 2. The molecule has 0 bridgehead atoms. The molecule has 5 rings (SSSR count). The van der Waals surface area contributed by atoms with Crippen LogP contribution in [0, 0.1) is 3.95 Å². The van der Waals surface area contributed by atoms with Crippen molar-refractivity contribution in [2.24, 2.45) is 0 Å². The molecule has 0 unspecified atom stereocenters. The number of benzene rings is 3. The van der Waals surface area contributed by atoms with Crippen molar-refractivity contribution >= 4 is 58.2 Å². The SMILES string of the molecule is O=C(Nc1nc2ccccc2[nH]1)c1ccc(-n2nc(SCc3ccccc3)sc2=S)cc1. The standard InChI is InChI=1S/C23H17N5OS3/c29-20(26-21-24-18-8-4-5-9-19(18)25-21)16-10-12-17(13-11-16)28-23(30)32-22(27-28)31-14-15-6-2-1-3-7-15/h1-13H,14H2,(H2,24,25,26,29). The summed E-state index contributed by atoms with van der Waals surface area (Å²) < 4.78 is 3.31. The second kappa shape index (κ2) is 9.07. The summed E-state index contributed by atoms with van der Waals surface area (Å²) in [6, 6.07) is 25.1. The van der Waals surface area contributed by atoms with E-state index in [2.05, 4.69) is 32.5 Å². The molecule has 0 fully saturated rings. The number of thioether (sulfide) groups is 1. The highest BCUT2D eigenvalue weighted by Crippen LogP contribution is 2.27. The van der Waals surface area contributed by atoms with Crippen LogP contribution in [0.25, 0.3) is 16.7 Å². The van der Waals surface area contributed by atoms with Crippen LogP contribution in [-0.4, -0.2) is 25.7 Å². The first kappa shape index (κ1) is 20.6. The molecular weight excluding hydrogens is 458 g/mol. The van der Waals surface area contributed by atoms with E-state index in [9.17, 15) is 4.79 Å². The molecule has 0 spiro atoms. The molecular formula is C23H17N5OS3. The number of amides is 1. The van der Waals surface area contributed by atoms with Gasteiger partial charge < -0.3 is 4.98 Å². The van der Waals surface area contributed by atoms with Crippen LogP contribution in [-0.2, 0) is 5.75 Å². The van der Waals surface area contributed by atoms with Gasteiger partial charge >= 0.3 is 0 Å². The van der Waals surface area contributed by atoms with Gasteiger partial charge in [0.2, 0.25) is 5.95 Å². The van der Waals surface area contributed by atoms with Gasteiger partial charge in [-0.1, -0.05) is 65.6 Å². The smallest absolute Gasteiger partial charge is 0.257 e.